The number of H-pyrrole nitrogens is 1. The van der Waals surface area contributed by atoms with Crippen molar-refractivity contribution in [3.63, 3.8) is 0 Å². The zero-order chi connectivity index (χ0) is 19.2. The quantitative estimate of drug-likeness (QED) is 0.805. The normalized spacial score (nSPS) is 18.0. The van der Waals surface area contributed by atoms with Gasteiger partial charge < -0.3 is 15.2 Å². The number of carbonyl (C=O) groups excluding carboxylic acids is 1. The van der Waals surface area contributed by atoms with E-state index < -0.39 is 9.84 Å². The molecule has 0 saturated carbocycles. The summed E-state index contributed by atoms with van der Waals surface area (Å²) in [6.07, 6.45) is 1.24. The molecule has 8 heteroatoms. The number of likely N-dealkylation sites (N-methyl/N-ethyl adjacent to an activating group) is 1. The molecule has 7 nitrogen and oxygen atoms in total. The van der Waals surface area contributed by atoms with Crippen molar-refractivity contribution < 1.29 is 13.2 Å². The largest absolute Gasteiger partial charge is 0.348 e. The Labute approximate surface area is 157 Å². The maximum atomic E-state index is 12.5. The highest BCUT2D eigenvalue weighted by molar-refractivity contribution is 7.91. The Morgan fingerprint density at radius 1 is 1.22 bits per heavy atom. The lowest BCUT2D eigenvalue weighted by molar-refractivity contribution is 0.0950. The number of aromatic amines is 1. The molecular weight excluding hydrogens is 366 g/mol. The van der Waals surface area contributed by atoms with Crippen molar-refractivity contribution in [1.82, 2.24) is 15.2 Å². The standard InChI is InChI=1S/C19H21N3O4S/c1-22-6-4-16-15(11-22)9-14(19(24)21-16)10-20-18(23)13-2-3-17-12(8-13)5-7-27(17,25)26/h2-3,8-9H,4-7,10-11H2,1H3,(H,20,23)(H,21,24). The van der Waals surface area contributed by atoms with Gasteiger partial charge in [-0.25, -0.2) is 8.42 Å². The minimum atomic E-state index is -3.20. The number of aromatic nitrogens is 1. The van der Waals surface area contributed by atoms with Crippen LogP contribution in [-0.2, 0) is 35.8 Å². The number of hydrogen-bond acceptors (Lipinski definition) is 5. The van der Waals surface area contributed by atoms with Crippen LogP contribution < -0.4 is 10.9 Å². The molecule has 0 spiro atoms. The number of carbonyl (C=O) groups is 1. The summed E-state index contributed by atoms with van der Waals surface area (Å²) in [5.41, 5.74) is 3.46. The van der Waals surface area contributed by atoms with Crippen LogP contribution in [0.3, 0.4) is 0 Å². The van der Waals surface area contributed by atoms with Crippen molar-refractivity contribution in [3.05, 3.63) is 62.6 Å². The van der Waals surface area contributed by atoms with Crippen molar-refractivity contribution in [2.24, 2.45) is 0 Å². The van der Waals surface area contributed by atoms with Crippen LogP contribution in [0.15, 0.2) is 34.0 Å². The predicted octanol–water partition coefficient (Wildman–Crippen LogP) is 0.623. The highest BCUT2D eigenvalue weighted by Crippen LogP contribution is 2.26. The number of nitrogens with one attached hydrogen (secondary N) is 2. The van der Waals surface area contributed by atoms with Gasteiger partial charge in [0.25, 0.3) is 11.5 Å². The lowest BCUT2D eigenvalue weighted by Gasteiger charge is -2.24. The minimum Gasteiger partial charge on any atom is -0.348 e. The topological polar surface area (TPSA) is 99.3 Å². The van der Waals surface area contributed by atoms with Crippen molar-refractivity contribution in [2.45, 2.75) is 30.8 Å². The average Bonchev–Trinajstić information content (AvgIpc) is 2.94. The summed E-state index contributed by atoms with van der Waals surface area (Å²) in [4.78, 5) is 30.1. The summed E-state index contributed by atoms with van der Waals surface area (Å²) in [5, 5.41) is 2.76. The van der Waals surface area contributed by atoms with E-state index in [9.17, 15) is 18.0 Å². The predicted molar refractivity (Wildman–Crippen MR) is 100 cm³/mol. The molecule has 1 amide bonds. The zero-order valence-corrected chi connectivity index (χ0v) is 15.9. The van der Waals surface area contributed by atoms with Crippen LogP contribution in [0.5, 0.6) is 0 Å². The summed E-state index contributed by atoms with van der Waals surface area (Å²) in [7, 11) is -1.17. The van der Waals surface area contributed by atoms with Gasteiger partial charge in [-0.2, -0.15) is 0 Å². The number of sulfone groups is 1. The molecule has 4 rings (SSSR count). The van der Waals surface area contributed by atoms with Crippen LogP contribution in [0.2, 0.25) is 0 Å². The van der Waals surface area contributed by atoms with E-state index in [-0.39, 0.29) is 23.8 Å². The first-order valence-corrected chi connectivity index (χ1v) is 10.5. The fourth-order valence-corrected chi connectivity index (χ4v) is 5.22. The zero-order valence-electron chi connectivity index (χ0n) is 15.0. The fraction of sp³-hybridized carbons (Fsp3) is 0.368. The Bertz CT molecular complexity index is 1090. The Morgan fingerprint density at radius 2 is 2.04 bits per heavy atom. The smallest absolute Gasteiger partial charge is 0.253 e. The van der Waals surface area contributed by atoms with Crippen molar-refractivity contribution in [3.8, 4) is 0 Å². The second-order valence-electron chi connectivity index (χ2n) is 7.19. The first-order chi connectivity index (χ1) is 12.8. The van der Waals surface area contributed by atoms with E-state index in [1.165, 1.54) is 12.1 Å². The highest BCUT2D eigenvalue weighted by Gasteiger charge is 2.26. The van der Waals surface area contributed by atoms with E-state index >= 15 is 0 Å². The van der Waals surface area contributed by atoms with Gasteiger partial charge in [-0.15, -0.1) is 0 Å². The summed E-state index contributed by atoms with van der Waals surface area (Å²) in [6.45, 7) is 1.81. The van der Waals surface area contributed by atoms with Crippen LogP contribution in [0, 0.1) is 0 Å². The summed E-state index contributed by atoms with van der Waals surface area (Å²) in [6, 6.07) is 6.50. The van der Waals surface area contributed by atoms with Gasteiger partial charge in [0, 0.05) is 42.9 Å². The summed E-state index contributed by atoms with van der Waals surface area (Å²) in [5.74, 6) is -0.233. The van der Waals surface area contributed by atoms with Crippen LogP contribution >= 0.6 is 0 Å². The maximum Gasteiger partial charge on any atom is 0.253 e. The SMILES string of the molecule is CN1CCc2[nH]c(=O)c(CNC(=O)c3ccc4c(c3)CCS4(=O)=O)cc2C1. The molecule has 0 atom stereocenters. The molecule has 1 aromatic carbocycles. The first kappa shape index (κ1) is 17.9. The van der Waals surface area contributed by atoms with Crippen LogP contribution in [0.1, 0.15) is 32.7 Å². The molecule has 2 aliphatic rings. The van der Waals surface area contributed by atoms with E-state index in [1.807, 2.05) is 13.1 Å². The van der Waals surface area contributed by atoms with Crippen molar-refractivity contribution >= 4 is 15.7 Å². The maximum absolute atomic E-state index is 12.5. The molecule has 2 aromatic rings. The number of aryl methyl sites for hydroxylation is 1. The molecule has 0 saturated heterocycles. The third kappa shape index (κ3) is 3.42. The molecule has 2 aliphatic heterocycles. The second-order valence-corrected chi connectivity index (χ2v) is 9.27. The number of rotatable bonds is 3. The van der Waals surface area contributed by atoms with Gasteiger partial charge in [0.2, 0.25) is 0 Å². The number of fused-ring (bicyclic) bond motifs is 2. The van der Waals surface area contributed by atoms with Gasteiger partial charge in [0.05, 0.1) is 10.6 Å². The Kier molecular flexibility index (Phi) is 4.39. The average molecular weight is 387 g/mol. The first-order valence-electron chi connectivity index (χ1n) is 8.90. The summed E-state index contributed by atoms with van der Waals surface area (Å²) >= 11 is 0. The molecule has 2 N–H and O–H groups in total. The van der Waals surface area contributed by atoms with E-state index in [2.05, 4.69) is 15.2 Å². The molecule has 27 heavy (non-hydrogen) atoms. The monoisotopic (exact) mass is 387 g/mol. The van der Waals surface area contributed by atoms with E-state index in [0.717, 1.165) is 30.8 Å². The highest BCUT2D eigenvalue weighted by atomic mass is 32.2. The van der Waals surface area contributed by atoms with Crippen LogP contribution in [0.4, 0.5) is 0 Å². The third-order valence-electron chi connectivity index (χ3n) is 5.21. The molecule has 0 aliphatic carbocycles. The number of benzene rings is 1. The Morgan fingerprint density at radius 3 is 2.85 bits per heavy atom. The Balaban J connectivity index is 1.50. The minimum absolute atomic E-state index is 0.0896. The number of hydrogen-bond donors (Lipinski definition) is 2. The fourth-order valence-electron chi connectivity index (χ4n) is 3.68. The van der Waals surface area contributed by atoms with Crippen LogP contribution in [-0.4, -0.2) is 43.6 Å². The van der Waals surface area contributed by atoms with Gasteiger partial charge in [-0.3, -0.25) is 9.59 Å². The van der Waals surface area contributed by atoms with Crippen molar-refractivity contribution in [2.75, 3.05) is 19.3 Å². The van der Waals surface area contributed by atoms with Gasteiger partial charge in [0.15, 0.2) is 9.84 Å². The number of pyridine rings is 1. The van der Waals surface area contributed by atoms with Crippen molar-refractivity contribution in [1.29, 1.82) is 0 Å². The van der Waals surface area contributed by atoms with Gasteiger partial charge in [-0.05, 0) is 48.9 Å². The van der Waals surface area contributed by atoms with E-state index in [4.69, 9.17) is 0 Å². The molecule has 3 heterocycles. The molecule has 1 aromatic heterocycles. The summed E-state index contributed by atoms with van der Waals surface area (Å²) < 4.78 is 23.8. The lowest BCUT2D eigenvalue weighted by atomic mass is 10.0. The molecule has 0 bridgehead atoms. The van der Waals surface area contributed by atoms with Gasteiger partial charge in [-0.1, -0.05) is 0 Å². The van der Waals surface area contributed by atoms with Gasteiger partial charge in [0.1, 0.15) is 0 Å². The van der Waals surface area contributed by atoms with E-state index in [1.54, 1.807) is 6.07 Å². The molecular formula is C19H21N3O4S. The molecule has 142 valence electrons. The molecule has 0 fully saturated rings. The number of amides is 1. The molecule has 0 unspecified atom stereocenters. The second kappa shape index (κ2) is 6.61. The Hall–Kier alpha value is -2.45. The lowest BCUT2D eigenvalue weighted by Crippen LogP contribution is -2.32. The van der Waals surface area contributed by atoms with Crippen LogP contribution in [0.25, 0.3) is 0 Å². The van der Waals surface area contributed by atoms with Gasteiger partial charge >= 0.3 is 0 Å². The third-order valence-corrected chi connectivity index (χ3v) is 7.02. The van der Waals surface area contributed by atoms with E-state index in [0.29, 0.717) is 28.0 Å². The number of nitrogens with zero attached hydrogens (tertiary/aromatic N) is 1. The molecule has 0 radical (unpaired) electrons.